The normalized spacial score (nSPS) is 13.7. The fourth-order valence-corrected chi connectivity index (χ4v) is 3.32. The molecule has 39 heavy (non-hydrogen) atoms. The Bertz CT molecular complexity index is 880. The Labute approximate surface area is 225 Å². The van der Waals surface area contributed by atoms with Gasteiger partial charge in [-0.3, -0.25) is 29.0 Å². The maximum Gasteiger partial charge on any atom is 0.326 e. The van der Waals surface area contributed by atoms with Crippen molar-refractivity contribution in [2.24, 2.45) is 33.7 Å². The van der Waals surface area contributed by atoms with Gasteiger partial charge in [0, 0.05) is 19.4 Å². The number of carboxylic acid groups (broad SMARTS) is 2. The molecule has 0 bridgehead atoms. The van der Waals surface area contributed by atoms with Crippen molar-refractivity contribution in [1.82, 2.24) is 16.0 Å². The van der Waals surface area contributed by atoms with Gasteiger partial charge >= 0.3 is 11.9 Å². The van der Waals surface area contributed by atoms with Crippen molar-refractivity contribution in [2.75, 3.05) is 13.1 Å². The maximum absolute atomic E-state index is 13.1. The first-order chi connectivity index (χ1) is 18.3. The number of unbranched alkanes of at least 4 members (excludes halogenated alkanes) is 1. The van der Waals surface area contributed by atoms with Crippen molar-refractivity contribution < 1.29 is 39.0 Å². The van der Waals surface area contributed by atoms with E-state index < -0.39 is 72.6 Å². The van der Waals surface area contributed by atoms with Gasteiger partial charge in [0.15, 0.2) is 5.96 Å². The lowest BCUT2D eigenvalue weighted by atomic mass is 10.0. The Morgan fingerprint density at radius 1 is 0.692 bits per heavy atom. The number of nitrogens with one attached hydrogen (secondary N) is 3. The molecule has 222 valence electrons. The van der Waals surface area contributed by atoms with E-state index in [0.717, 1.165) is 0 Å². The third kappa shape index (κ3) is 16.5. The lowest BCUT2D eigenvalue weighted by Crippen LogP contribution is -2.57. The summed E-state index contributed by atoms with van der Waals surface area (Å²) in [5.74, 6) is -6.12. The Kier molecular flexibility index (Phi) is 17.2. The predicted octanol–water partition coefficient (Wildman–Crippen LogP) is -3.83. The molecular formula is C22H41N9O8. The molecule has 0 spiro atoms. The fourth-order valence-electron chi connectivity index (χ4n) is 3.32. The molecule has 0 aromatic carbocycles. The molecule has 0 aliphatic heterocycles. The Morgan fingerprint density at radius 3 is 1.74 bits per heavy atom. The van der Waals surface area contributed by atoms with E-state index in [1.807, 2.05) is 0 Å². The highest BCUT2D eigenvalue weighted by Gasteiger charge is 2.30. The molecule has 15 N–H and O–H groups in total. The van der Waals surface area contributed by atoms with E-state index in [4.69, 9.17) is 33.8 Å². The molecule has 17 heteroatoms. The second-order valence-corrected chi connectivity index (χ2v) is 8.80. The fraction of sp³-hybridized carbons (Fsp3) is 0.682. The van der Waals surface area contributed by atoms with E-state index in [2.05, 4.69) is 20.9 Å². The number of carbonyl (C=O) groups is 6. The molecule has 0 saturated carbocycles. The third-order valence-electron chi connectivity index (χ3n) is 5.46. The van der Waals surface area contributed by atoms with Gasteiger partial charge in [0.1, 0.15) is 18.1 Å². The zero-order valence-corrected chi connectivity index (χ0v) is 21.8. The Hall–Kier alpha value is -3.99. The smallest absolute Gasteiger partial charge is 0.326 e. The van der Waals surface area contributed by atoms with Crippen LogP contribution in [0.5, 0.6) is 0 Å². The van der Waals surface area contributed by atoms with Crippen LogP contribution in [0.4, 0.5) is 0 Å². The number of hydrogen-bond donors (Lipinski definition) is 10. The SMILES string of the molecule is NCCCCC(N)C(=O)NC(CCCN=C(N)N)C(=O)NC(CCC(N)=O)C(=O)NC(CCC(=O)O)C(=O)O. The predicted molar refractivity (Wildman–Crippen MR) is 140 cm³/mol. The summed E-state index contributed by atoms with van der Waals surface area (Å²) < 4.78 is 0. The van der Waals surface area contributed by atoms with Crippen molar-refractivity contribution >= 4 is 41.5 Å². The van der Waals surface area contributed by atoms with E-state index in [1.54, 1.807) is 0 Å². The molecular weight excluding hydrogens is 518 g/mol. The number of guanidine groups is 1. The minimum absolute atomic E-state index is 0.0460. The first-order valence-corrected chi connectivity index (χ1v) is 12.4. The number of aliphatic carboxylic acids is 2. The van der Waals surface area contributed by atoms with Crippen molar-refractivity contribution in [1.29, 1.82) is 0 Å². The van der Waals surface area contributed by atoms with Crippen molar-refractivity contribution in [2.45, 2.75) is 82.0 Å². The van der Waals surface area contributed by atoms with Crippen LogP contribution in [0.2, 0.25) is 0 Å². The number of carboxylic acids is 2. The zero-order chi connectivity index (χ0) is 30.0. The monoisotopic (exact) mass is 559 g/mol. The van der Waals surface area contributed by atoms with Crippen LogP contribution in [0, 0.1) is 0 Å². The molecule has 0 aromatic heterocycles. The highest BCUT2D eigenvalue weighted by Crippen LogP contribution is 2.06. The summed E-state index contributed by atoms with van der Waals surface area (Å²) in [4.78, 5) is 76.0. The summed E-state index contributed by atoms with van der Waals surface area (Å²) in [6.07, 6.45) is 0.297. The number of primary amides is 1. The minimum atomic E-state index is -1.57. The topological polar surface area (TPSA) is 321 Å². The molecule has 17 nitrogen and oxygen atoms in total. The van der Waals surface area contributed by atoms with Gasteiger partial charge in [0.05, 0.1) is 6.04 Å². The average Bonchev–Trinajstić information content (AvgIpc) is 2.84. The molecule has 0 aromatic rings. The van der Waals surface area contributed by atoms with Gasteiger partial charge in [0.2, 0.25) is 23.6 Å². The summed E-state index contributed by atoms with van der Waals surface area (Å²) in [6, 6.07) is -5.10. The van der Waals surface area contributed by atoms with E-state index in [0.29, 0.717) is 25.8 Å². The van der Waals surface area contributed by atoms with Gasteiger partial charge in [-0.15, -0.1) is 0 Å². The standard InChI is InChI=1S/C22H41N9O8/c23-10-2-1-4-12(24)18(35)29-13(5-3-11-28-22(26)27)19(36)30-14(6-8-16(25)32)20(37)31-15(21(38)39)7-9-17(33)34/h12-15H,1-11,23-24H2,(H2,25,32)(H,29,35)(H,30,36)(H,31,37)(H,33,34)(H,38,39)(H4,26,27,28). The van der Waals surface area contributed by atoms with Crippen LogP contribution in [0.15, 0.2) is 4.99 Å². The van der Waals surface area contributed by atoms with Crippen LogP contribution in [-0.2, 0) is 28.8 Å². The largest absolute Gasteiger partial charge is 0.481 e. The molecule has 0 radical (unpaired) electrons. The zero-order valence-electron chi connectivity index (χ0n) is 21.8. The van der Waals surface area contributed by atoms with Crippen LogP contribution in [0.25, 0.3) is 0 Å². The van der Waals surface area contributed by atoms with E-state index in [-0.39, 0.29) is 38.2 Å². The van der Waals surface area contributed by atoms with E-state index in [1.165, 1.54) is 0 Å². The Balaban J connectivity index is 5.66. The van der Waals surface area contributed by atoms with E-state index >= 15 is 0 Å². The second kappa shape index (κ2) is 19.1. The van der Waals surface area contributed by atoms with Crippen molar-refractivity contribution in [3.63, 3.8) is 0 Å². The first-order valence-electron chi connectivity index (χ1n) is 12.4. The molecule has 4 amide bonds. The number of nitrogens with two attached hydrogens (primary N) is 5. The quantitative estimate of drug-likeness (QED) is 0.0367. The van der Waals surface area contributed by atoms with Gasteiger partial charge in [-0.1, -0.05) is 6.42 Å². The maximum atomic E-state index is 13.1. The summed E-state index contributed by atoms with van der Waals surface area (Å²) in [7, 11) is 0. The molecule has 0 rings (SSSR count). The van der Waals surface area contributed by atoms with Crippen LogP contribution in [0.1, 0.15) is 57.8 Å². The minimum Gasteiger partial charge on any atom is -0.481 e. The number of nitrogens with zero attached hydrogens (tertiary/aromatic N) is 1. The highest BCUT2D eigenvalue weighted by atomic mass is 16.4. The van der Waals surface area contributed by atoms with Crippen LogP contribution in [0.3, 0.4) is 0 Å². The number of hydrogen-bond acceptors (Lipinski definition) is 9. The molecule has 0 aliphatic carbocycles. The van der Waals surface area contributed by atoms with Crippen molar-refractivity contribution in [3.8, 4) is 0 Å². The molecule has 4 atom stereocenters. The molecule has 0 heterocycles. The summed E-state index contributed by atoms with van der Waals surface area (Å²) in [6.45, 7) is 0.567. The van der Waals surface area contributed by atoms with Gasteiger partial charge in [-0.2, -0.15) is 0 Å². The molecule has 0 aliphatic rings. The number of carbonyl (C=O) groups excluding carboxylic acids is 4. The summed E-state index contributed by atoms with van der Waals surface area (Å²) in [5.41, 5.74) is 27.1. The van der Waals surface area contributed by atoms with E-state index in [9.17, 15) is 33.9 Å². The number of amides is 4. The van der Waals surface area contributed by atoms with Gasteiger partial charge in [-0.05, 0) is 45.1 Å². The van der Waals surface area contributed by atoms with Crippen LogP contribution < -0.4 is 44.6 Å². The number of aliphatic imine (C=N–C) groups is 1. The summed E-state index contributed by atoms with van der Waals surface area (Å²) >= 11 is 0. The molecule has 4 unspecified atom stereocenters. The van der Waals surface area contributed by atoms with Crippen LogP contribution >= 0.6 is 0 Å². The van der Waals surface area contributed by atoms with Gasteiger partial charge < -0.3 is 54.8 Å². The van der Waals surface area contributed by atoms with Crippen LogP contribution in [-0.4, -0.2) is 89.0 Å². The van der Waals surface area contributed by atoms with Gasteiger partial charge in [-0.25, -0.2) is 4.79 Å². The third-order valence-corrected chi connectivity index (χ3v) is 5.46. The van der Waals surface area contributed by atoms with Crippen molar-refractivity contribution in [3.05, 3.63) is 0 Å². The first kappa shape index (κ1) is 35.0. The number of rotatable bonds is 21. The Morgan fingerprint density at radius 2 is 1.23 bits per heavy atom. The highest BCUT2D eigenvalue weighted by molar-refractivity contribution is 5.94. The average molecular weight is 560 g/mol. The molecule has 0 saturated heterocycles. The molecule has 0 fully saturated rings. The summed E-state index contributed by atoms with van der Waals surface area (Å²) in [5, 5.41) is 25.2. The van der Waals surface area contributed by atoms with Gasteiger partial charge in [0.25, 0.3) is 0 Å². The second-order valence-electron chi connectivity index (χ2n) is 8.80. The lowest BCUT2D eigenvalue weighted by Gasteiger charge is -2.25. The lowest BCUT2D eigenvalue weighted by molar-refractivity contribution is -0.143.